The van der Waals surface area contributed by atoms with Crippen molar-refractivity contribution in [3.63, 3.8) is 0 Å². The molecule has 0 spiro atoms. The topological polar surface area (TPSA) is 40.5 Å². The molecule has 178 valence electrons. The predicted octanol–water partition coefficient (Wildman–Crippen LogP) is 9.68. The van der Waals surface area contributed by atoms with E-state index < -0.39 is 0 Å². The summed E-state index contributed by atoms with van der Waals surface area (Å²) in [6.45, 7) is 0. The Morgan fingerprint density at radius 2 is 0.658 bits per heavy atom. The number of hydrogen-bond acceptors (Lipinski definition) is 2. The van der Waals surface area contributed by atoms with Crippen molar-refractivity contribution in [2.24, 2.45) is 0 Å². The zero-order valence-electron chi connectivity index (χ0n) is 20.4. The van der Waals surface area contributed by atoms with E-state index in [0.29, 0.717) is 11.1 Å². The van der Waals surface area contributed by atoms with Crippen LogP contribution in [0.1, 0.15) is 0 Å². The predicted molar refractivity (Wildman–Crippen MR) is 160 cm³/mol. The van der Waals surface area contributed by atoms with Crippen molar-refractivity contribution in [2.45, 2.75) is 0 Å². The molecule has 2 N–H and O–H groups in total. The first-order valence-electron chi connectivity index (χ1n) is 12.8. The SMILES string of the molecule is Oc1ccc2ccc3c4ccccc4ccc3c2c1-c1c(O)ccc2ccc3c4ccccc4ccc3c12. The molecule has 0 aliphatic rings. The molecule has 8 rings (SSSR count). The molecule has 8 aromatic rings. The molecule has 0 saturated heterocycles. The van der Waals surface area contributed by atoms with Crippen LogP contribution >= 0.6 is 0 Å². The minimum Gasteiger partial charge on any atom is -0.507 e. The Labute approximate surface area is 218 Å². The van der Waals surface area contributed by atoms with Gasteiger partial charge < -0.3 is 10.2 Å². The molecule has 0 radical (unpaired) electrons. The molecular formula is C36H22O2. The Bertz CT molecular complexity index is 2100. The van der Waals surface area contributed by atoms with E-state index in [1.807, 2.05) is 12.1 Å². The molecule has 0 unspecified atom stereocenters. The highest BCUT2D eigenvalue weighted by atomic mass is 16.3. The lowest BCUT2D eigenvalue weighted by Crippen LogP contribution is -1.90. The summed E-state index contributed by atoms with van der Waals surface area (Å²) in [5, 5.41) is 35.8. The molecule has 0 heterocycles. The number of benzene rings is 8. The number of phenolic OH excluding ortho intramolecular Hbond substituents is 2. The number of aromatic hydroxyl groups is 2. The molecule has 0 bridgehead atoms. The molecule has 0 fully saturated rings. The second-order valence-electron chi connectivity index (χ2n) is 10.0. The molecule has 8 aromatic carbocycles. The van der Waals surface area contributed by atoms with Crippen LogP contribution < -0.4 is 0 Å². The van der Waals surface area contributed by atoms with Crippen LogP contribution in [0.4, 0.5) is 0 Å². The van der Waals surface area contributed by atoms with Gasteiger partial charge in [-0.3, -0.25) is 0 Å². The van der Waals surface area contributed by atoms with Gasteiger partial charge in [-0.25, -0.2) is 0 Å². The lowest BCUT2D eigenvalue weighted by Gasteiger charge is -2.18. The van der Waals surface area contributed by atoms with Crippen LogP contribution in [-0.4, -0.2) is 10.2 Å². The molecular weight excluding hydrogens is 464 g/mol. The van der Waals surface area contributed by atoms with Crippen molar-refractivity contribution >= 4 is 64.6 Å². The molecule has 0 aliphatic carbocycles. The average Bonchev–Trinajstić information content (AvgIpc) is 2.97. The van der Waals surface area contributed by atoms with E-state index in [1.54, 1.807) is 12.1 Å². The van der Waals surface area contributed by atoms with E-state index in [-0.39, 0.29) is 11.5 Å². The Balaban J connectivity index is 1.60. The van der Waals surface area contributed by atoms with E-state index >= 15 is 0 Å². The Morgan fingerprint density at radius 1 is 0.289 bits per heavy atom. The summed E-state index contributed by atoms with van der Waals surface area (Å²) in [6.07, 6.45) is 0. The summed E-state index contributed by atoms with van der Waals surface area (Å²) in [6, 6.07) is 41.2. The van der Waals surface area contributed by atoms with E-state index in [9.17, 15) is 10.2 Å². The molecule has 38 heavy (non-hydrogen) atoms. The summed E-state index contributed by atoms with van der Waals surface area (Å²) >= 11 is 0. The zero-order chi connectivity index (χ0) is 25.4. The van der Waals surface area contributed by atoms with Gasteiger partial charge in [-0.1, -0.05) is 109 Å². The van der Waals surface area contributed by atoms with Crippen LogP contribution in [0.25, 0.3) is 75.8 Å². The summed E-state index contributed by atoms with van der Waals surface area (Å²) in [7, 11) is 0. The minimum absolute atomic E-state index is 0.152. The first kappa shape index (κ1) is 21.0. The molecule has 0 aliphatic heterocycles. The van der Waals surface area contributed by atoms with Gasteiger partial charge in [-0.15, -0.1) is 0 Å². The summed E-state index contributed by atoms with van der Waals surface area (Å²) in [5.41, 5.74) is 1.32. The van der Waals surface area contributed by atoms with Crippen molar-refractivity contribution in [3.05, 3.63) is 121 Å². The maximum absolute atomic E-state index is 11.5. The highest BCUT2D eigenvalue weighted by Gasteiger charge is 2.20. The summed E-state index contributed by atoms with van der Waals surface area (Å²) < 4.78 is 0. The summed E-state index contributed by atoms with van der Waals surface area (Å²) in [5.74, 6) is 0.303. The average molecular weight is 487 g/mol. The van der Waals surface area contributed by atoms with Crippen molar-refractivity contribution in [2.75, 3.05) is 0 Å². The quantitative estimate of drug-likeness (QED) is 0.227. The zero-order valence-corrected chi connectivity index (χ0v) is 20.4. The van der Waals surface area contributed by atoms with Gasteiger partial charge in [0.2, 0.25) is 0 Å². The van der Waals surface area contributed by atoms with Gasteiger partial charge in [-0.2, -0.15) is 0 Å². The van der Waals surface area contributed by atoms with Crippen LogP contribution in [0.15, 0.2) is 121 Å². The number of hydrogen-bond donors (Lipinski definition) is 2. The lowest BCUT2D eigenvalue weighted by atomic mass is 9.87. The number of fused-ring (bicyclic) bond motifs is 10. The molecule has 0 aromatic heterocycles. The second kappa shape index (κ2) is 7.71. The lowest BCUT2D eigenvalue weighted by molar-refractivity contribution is 0.470. The first-order valence-corrected chi connectivity index (χ1v) is 12.8. The normalized spacial score (nSPS) is 11.9. The van der Waals surface area contributed by atoms with Gasteiger partial charge in [0.05, 0.1) is 0 Å². The fourth-order valence-electron chi connectivity index (χ4n) is 6.31. The van der Waals surface area contributed by atoms with Gasteiger partial charge in [0.25, 0.3) is 0 Å². The van der Waals surface area contributed by atoms with Gasteiger partial charge in [0.1, 0.15) is 11.5 Å². The summed E-state index contributed by atoms with van der Waals surface area (Å²) in [4.78, 5) is 0. The third-order valence-corrected chi connectivity index (χ3v) is 8.02. The Hall–Kier alpha value is -5.08. The minimum atomic E-state index is 0.152. The van der Waals surface area contributed by atoms with Crippen molar-refractivity contribution in [1.82, 2.24) is 0 Å². The van der Waals surface area contributed by atoms with Crippen LogP contribution in [-0.2, 0) is 0 Å². The van der Waals surface area contributed by atoms with Gasteiger partial charge in [0, 0.05) is 21.9 Å². The third-order valence-electron chi connectivity index (χ3n) is 8.02. The second-order valence-corrected chi connectivity index (χ2v) is 10.0. The van der Waals surface area contributed by atoms with Crippen LogP contribution in [0, 0.1) is 0 Å². The highest BCUT2D eigenvalue weighted by molar-refractivity contribution is 6.27. The van der Waals surface area contributed by atoms with Gasteiger partial charge in [0.15, 0.2) is 0 Å². The van der Waals surface area contributed by atoms with E-state index in [4.69, 9.17) is 0 Å². The van der Waals surface area contributed by atoms with Crippen LogP contribution in [0.2, 0.25) is 0 Å². The number of phenols is 2. The van der Waals surface area contributed by atoms with Crippen molar-refractivity contribution < 1.29 is 10.2 Å². The van der Waals surface area contributed by atoms with Gasteiger partial charge >= 0.3 is 0 Å². The third kappa shape index (κ3) is 2.83. The fraction of sp³-hybridized carbons (Fsp3) is 0. The highest BCUT2D eigenvalue weighted by Crippen LogP contribution is 2.49. The Kier molecular flexibility index (Phi) is 4.27. The van der Waals surface area contributed by atoms with Crippen LogP contribution in [0.5, 0.6) is 11.5 Å². The number of rotatable bonds is 1. The Morgan fingerprint density at radius 3 is 1.13 bits per heavy atom. The smallest absolute Gasteiger partial charge is 0.124 e. The largest absolute Gasteiger partial charge is 0.507 e. The maximum atomic E-state index is 11.5. The van der Waals surface area contributed by atoms with Gasteiger partial charge in [-0.05, 0) is 66.0 Å². The molecule has 0 atom stereocenters. The molecule has 2 heteroatoms. The van der Waals surface area contributed by atoms with Crippen molar-refractivity contribution in [3.8, 4) is 22.6 Å². The molecule has 2 nitrogen and oxygen atoms in total. The maximum Gasteiger partial charge on any atom is 0.124 e. The van der Waals surface area contributed by atoms with E-state index in [0.717, 1.165) is 43.1 Å². The molecule has 0 saturated carbocycles. The van der Waals surface area contributed by atoms with E-state index in [1.165, 1.54) is 21.5 Å². The molecule has 0 amide bonds. The van der Waals surface area contributed by atoms with E-state index in [2.05, 4.69) is 97.1 Å². The monoisotopic (exact) mass is 486 g/mol. The standard InChI is InChI=1S/C36H22O2/c37-31-19-13-23-11-15-27-25-7-3-1-5-21(25)9-17-29(27)33(23)35(31)36-32(38)20-14-24-12-16-28-26-8-4-2-6-22(26)10-18-30(28)34(24)36/h1-20,37-38H. The van der Waals surface area contributed by atoms with Crippen molar-refractivity contribution in [1.29, 1.82) is 0 Å². The van der Waals surface area contributed by atoms with Crippen LogP contribution in [0.3, 0.4) is 0 Å². The first-order chi connectivity index (χ1) is 18.7. The fourth-order valence-corrected chi connectivity index (χ4v) is 6.31.